The van der Waals surface area contributed by atoms with Crippen LogP contribution in [0.3, 0.4) is 0 Å². The van der Waals surface area contributed by atoms with Crippen LogP contribution in [0.15, 0.2) is 6.20 Å². The fraction of sp³-hybridized carbons (Fsp3) is 0.769. The third-order valence-electron chi connectivity index (χ3n) is 2.60. The number of hydrogen-bond donors (Lipinski definition) is 1. The van der Waals surface area contributed by atoms with E-state index in [0.717, 1.165) is 37.6 Å². The Morgan fingerprint density at radius 2 is 2.11 bits per heavy atom. The van der Waals surface area contributed by atoms with E-state index in [2.05, 4.69) is 24.3 Å². The van der Waals surface area contributed by atoms with Gasteiger partial charge in [-0.05, 0) is 12.3 Å². The molecule has 104 valence electrons. The molecule has 0 bridgehead atoms. The number of methoxy groups -OCH3 is 1. The van der Waals surface area contributed by atoms with Gasteiger partial charge in [0.25, 0.3) is 0 Å². The lowest BCUT2D eigenvalue weighted by Crippen LogP contribution is -2.11. The molecule has 0 unspecified atom stereocenters. The summed E-state index contributed by atoms with van der Waals surface area (Å²) < 4.78 is 12.3. The zero-order valence-corrected chi connectivity index (χ0v) is 11.9. The Kier molecular flexibility index (Phi) is 6.75. The highest BCUT2D eigenvalue weighted by Gasteiger charge is 2.10. The number of aromatic nitrogens is 2. The van der Waals surface area contributed by atoms with Gasteiger partial charge in [0.2, 0.25) is 0 Å². The van der Waals surface area contributed by atoms with Crippen LogP contribution < -0.4 is 5.32 Å². The van der Waals surface area contributed by atoms with Crippen LogP contribution in [0.25, 0.3) is 0 Å². The van der Waals surface area contributed by atoms with Crippen molar-refractivity contribution in [2.24, 2.45) is 7.05 Å². The number of nitrogens with zero attached hydrogens (tertiary/aromatic N) is 2. The summed E-state index contributed by atoms with van der Waals surface area (Å²) in [4.78, 5) is 0. The zero-order valence-electron chi connectivity index (χ0n) is 11.9. The molecule has 0 aliphatic rings. The standard InChI is InChI=1S/C13H25N3O2/c1-11(2)13-12(10-16(3)15-13)14-6-9-18-8-5-7-17-4/h10-11,14H,5-9H2,1-4H3. The first kappa shape index (κ1) is 15.0. The molecule has 18 heavy (non-hydrogen) atoms. The molecule has 0 aliphatic heterocycles. The molecule has 0 fully saturated rings. The molecule has 0 saturated carbocycles. The van der Waals surface area contributed by atoms with Crippen molar-refractivity contribution in [3.05, 3.63) is 11.9 Å². The van der Waals surface area contributed by atoms with Crippen molar-refractivity contribution in [2.75, 3.05) is 38.8 Å². The number of anilines is 1. The van der Waals surface area contributed by atoms with Crippen molar-refractivity contribution >= 4 is 5.69 Å². The first-order chi connectivity index (χ1) is 8.65. The summed E-state index contributed by atoms with van der Waals surface area (Å²) in [6.45, 7) is 7.31. The summed E-state index contributed by atoms with van der Waals surface area (Å²) in [6, 6.07) is 0. The minimum absolute atomic E-state index is 0.427. The number of aryl methyl sites for hydroxylation is 1. The second-order valence-corrected chi connectivity index (χ2v) is 4.64. The predicted octanol–water partition coefficient (Wildman–Crippen LogP) is 2.01. The van der Waals surface area contributed by atoms with E-state index in [0.29, 0.717) is 12.5 Å². The molecule has 0 aromatic carbocycles. The van der Waals surface area contributed by atoms with Gasteiger partial charge in [-0.25, -0.2) is 0 Å². The Hall–Kier alpha value is -1.07. The van der Waals surface area contributed by atoms with Gasteiger partial charge >= 0.3 is 0 Å². The van der Waals surface area contributed by atoms with Crippen LogP contribution in [-0.2, 0) is 16.5 Å². The Labute approximate surface area is 109 Å². The lowest BCUT2D eigenvalue weighted by atomic mass is 10.1. The second-order valence-electron chi connectivity index (χ2n) is 4.64. The maximum atomic E-state index is 5.49. The Bertz CT molecular complexity index is 337. The quantitative estimate of drug-likeness (QED) is 0.686. The van der Waals surface area contributed by atoms with Crippen molar-refractivity contribution < 1.29 is 9.47 Å². The maximum absolute atomic E-state index is 5.49. The lowest BCUT2D eigenvalue weighted by molar-refractivity contribution is 0.109. The third-order valence-corrected chi connectivity index (χ3v) is 2.60. The van der Waals surface area contributed by atoms with E-state index in [4.69, 9.17) is 9.47 Å². The van der Waals surface area contributed by atoms with E-state index in [1.54, 1.807) is 7.11 Å². The van der Waals surface area contributed by atoms with Gasteiger partial charge in [0, 0.05) is 40.1 Å². The third kappa shape index (κ3) is 5.06. The molecular formula is C13H25N3O2. The van der Waals surface area contributed by atoms with Gasteiger partial charge in [-0.15, -0.1) is 0 Å². The molecule has 1 heterocycles. The molecule has 1 aromatic rings. The van der Waals surface area contributed by atoms with E-state index in [-0.39, 0.29) is 0 Å². The van der Waals surface area contributed by atoms with Crippen molar-refractivity contribution in [1.29, 1.82) is 0 Å². The van der Waals surface area contributed by atoms with Crippen LogP contribution in [0, 0.1) is 0 Å². The predicted molar refractivity (Wildman–Crippen MR) is 73.1 cm³/mol. The van der Waals surface area contributed by atoms with Gasteiger partial charge in [0.05, 0.1) is 18.0 Å². The summed E-state index contributed by atoms with van der Waals surface area (Å²) >= 11 is 0. The minimum Gasteiger partial charge on any atom is -0.385 e. The SMILES string of the molecule is COCCCOCCNc1cn(C)nc1C(C)C. The Morgan fingerprint density at radius 3 is 2.78 bits per heavy atom. The van der Waals surface area contributed by atoms with E-state index in [1.807, 2.05) is 17.9 Å². The van der Waals surface area contributed by atoms with Gasteiger partial charge in [-0.1, -0.05) is 13.8 Å². The molecular weight excluding hydrogens is 230 g/mol. The van der Waals surface area contributed by atoms with Crippen molar-refractivity contribution in [3.8, 4) is 0 Å². The van der Waals surface area contributed by atoms with Crippen LogP contribution in [0.2, 0.25) is 0 Å². The molecule has 5 nitrogen and oxygen atoms in total. The van der Waals surface area contributed by atoms with Gasteiger partial charge < -0.3 is 14.8 Å². The smallest absolute Gasteiger partial charge is 0.0881 e. The average molecular weight is 255 g/mol. The van der Waals surface area contributed by atoms with E-state index >= 15 is 0 Å². The highest BCUT2D eigenvalue weighted by atomic mass is 16.5. The first-order valence-corrected chi connectivity index (χ1v) is 6.49. The van der Waals surface area contributed by atoms with Crippen molar-refractivity contribution in [2.45, 2.75) is 26.2 Å². The summed E-state index contributed by atoms with van der Waals surface area (Å²) in [7, 11) is 3.65. The summed E-state index contributed by atoms with van der Waals surface area (Å²) in [5, 5.41) is 7.81. The average Bonchev–Trinajstić information content (AvgIpc) is 2.69. The van der Waals surface area contributed by atoms with E-state index in [1.165, 1.54) is 0 Å². The topological polar surface area (TPSA) is 48.3 Å². The Morgan fingerprint density at radius 1 is 1.33 bits per heavy atom. The molecule has 0 spiro atoms. The largest absolute Gasteiger partial charge is 0.385 e. The molecule has 0 aliphatic carbocycles. The number of nitrogens with one attached hydrogen (secondary N) is 1. The van der Waals surface area contributed by atoms with Crippen LogP contribution in [-0.4, -0.2) is 43.3 Å². The van der Waals surface area contributed by atoms with Gasteiger partial charge in [0.15, 0.2) is 0 Å². The molecule has 1 N–H and O–H groups in total. The number of rotatable bonds is 9. The highest BCUT2D eigenvalue weighted by molar-refractivity contribution is 5.47. The molecule has 0 amide bonds. The molecule has 0 saturated heterocycles. The van der Waals surface area contributed by atoms with Gasteiger partial charge in [-0.3, -0.25) is 4.68 Å². The summed E-state index contributed by atoms with van der Waals surface area (Å²) in [5.41, 5.74) is 2.21. The monoisotopic (exact) mass is 255 g/mol. The highest BCUT2D eigenvalue weighted by Crippen LogP contribution is 2.21. The first-order valence-electron chi connectivity index (χ1n) is 6.49. The van der Waals surface area contributed by atoms with Crippen LogP contribution in [0.1, 0.15) is 31.9 Å². The van der Waals surface area contributed by atoms with Crippen molar-refractivity contribution in [1.82, 2.24) is 9.78 Å². The maximum Gasteiger partial charge on any atom is 0.0881 e. The van der Waals surface area contributed by atoms with Crippen molar-refractivity contribution in [3.63, 3.8) is 0 Å². The fourth-order valence-corrected chi connectivity index (χ4v) is 1.73. The minimum atomic E-state index is 0.427. The van der Waals surface area contributed by atoms with E-state index < -0.39 is 0 Å². The number of ether oxygens (including phenoxy) is 2. The van der Waals surface area contributed by atoms with Crippen LogP contribution in [0.4, 0.5) is 5.69 Å². The van der Waals surface area contributed by atoms with Gasteiger partial charge in [-0.2, -0.15) is 5.10 Å². The molecule has 0 radical (unpaired) electrons. The number of hydrogen-bond acceptors (Lipinski definition) is 4. The van der Waals surface area contributed by atoms with Crippen LogP contribution >= 0.6 is 0 Å². The second kappa shape index (κ2) is 8.11. The lowest BCUT2D eigenvalue weighted by Gasteiger charge is -2.08. The summed E-state index contributed by atoms with van der Waals surface area (Å²) in [5.74, 6) is 0.427. The molecule has 1 aromatic heterocycles. The van der Waals surface area contributed by atoms with Gasteiger partial charge in [0.1, 0.15) is 0 Å². The molecule has 1 rings (SSSR count). The Balaban J connectivity index is 2.22. The fourth-order valence-electron chi connectivity index (χ4n) is 1.73. The van der Waals surface area contributed by atoms with Crippen LogP contribution in [0.5, 0.6) is 0 Å². The van der Waals surface area contributed by atoms with E-state index in [9.17, 15) is 0 Å². The summed E-state index contributed by atoms with van der Waals surface area (Å²) in [6.07, 6.45) is 2.96. The normalized spacial score (nSPS) is 11.2. The zero-order chi connectivity index (χ0) is 13.4. The molecule has 0 atom stereocenters. The molecule has 5 heteroatoms.